The summed E-state index contributed by atoms with van der Waals surface area (Å²) in [5.41, 5.74) is -1.35. The second-order valence-corrected chi connectivity index (χ2v) is 7.52. The molecule has 2 saturated heterocycles. The highest BCUT2D eigenvalue weighted by Crippen LogP contribution is 2.46. The van der Waals surface area contributed by atoms with Gasteiger partial charge in [0.1, 0.15) is 5.78 Å². The molecule has 9 nitrogen and oxygen atoms in total. The van der Waals surface area contributed by atoms with Crippen molar-refractivity contribution in [2.75, 3.05) is 14.2 Å². The lowest BCUT2D eigenvalue weighted by atomic mass is 9.76. The summed E-state index contributed by atoms with van der Waals surface area (Å²) in [4.78, 5) is 35.8. The van der Waals surface area contributed by atoms with E-state index in [-0.39, 0.29) is 31.0 Å². The Bertz CT molecular complexity index is 638. The minimum Gasteiger partial charge on any atom is -0.433 e. The van der Waals surface area contributed by atoms with E-state index < -0.39 is 41.4 Å². The third-order valence-corrected chi connectivity index (χ3v) is 5.76. The number of hydrogen-bond donors (Lipinski definition) is 1. The number of carbonyl (C=O) groups is 3. The fourth-order valence-electron chi connectivity index (χ4n) is 3.97. The summed E-state index contributed by atoms with van der Waals surface area (Å²) in [7, 11) is 2.96. The normalized spacial score (nSPS) is 45.9. The van der Waals surface area contributed by atoms with Gasteiger partial charge in [0.25, 0.3) is 5.91 Å². The van der Waals surface area contributed by atoms with Crippen LogP contribution in [0.2, 0.25) is 0 Å². The van der Waals surface area contributed by atoms with Crippen molar-refractivity contribution < 1.29 is 38.1 Å². The number of imide groups is 1. The molecule has 2 heterocycles. The second-order valence-electron chi connectivity index (χ2n) is 7.52. The lowest BCUT2D eigenvalue weighted by molar-refractivity contribution is -0.453. The molecule has 0 aromatic carbocycles. The zero-order chi connectivity index (χ0) is 19.3. The molecule has 0 spiro atoms. The van der Waals surface area contributed by atoms with Crippen molar-refractivity contribution in [2.45, 2.75) is 69.4 Å². The number of methoxy groups -OCH3 is 2. The lowest BCUT2D eigenvalue weighted by Crippen LogP contribution is -2.67. The molecular formula is C17H25NO8. The predicted molar refractivity (Wildman–Crippen MR) is 86.0 cm³/mol. The predicted octanol–water partition coefficient (Wildman–Crippen LogP) is 0.890. The highest BCUT2D eigenvalue weighted by Gasteiger charge is 2.60. The molecule has 0 radical (unpaired) electrons. The van der Waals surface area contributed by atoms with E-state index >= 15 is 0 Å². The Hall–Kier alpha value is -1.55. The number of alkyl carbamates (subject to hydrolysis) is 1. The minimum absolute atomic E-state index is 0.00680. The van der Waals surface area contributed by atoms with Crippen LogP contribution in [0.25, 0.3) is 0 Å². The van der Waals surface area contributed by atoms with E-state index in [0.29, 0.717) is 0 Å². The van der Waals surface area contributed by atoms with Crippen LogP contribution in [-0.2, 0) is 33.3 Å². The number of rotatable bonds is 4. The Balaban J connectivity index is 1.87. The van der Waals surface area contributed by atoms with Crippen molar-refractivity contribution in [1.29, 1.82) is 0 Å². The van der Waals surface area contributed by atoms with Crippen molar-refractivity contribution in [3.05, 3.63) is 0 Å². The molecule has 6 atom stereocenters. The van der Waals surface area contributed by atoms with Gasteiger partial charge in [0.05, 0.1) is 12.2 Å². The highest BCUT2D eigenvalue weighted by atomic mass is 16.8. The second kappa shape index (κ2) is 6.26. The SMILES string of the molecule is CO[C@@]1(C)O[C@@H]2[C@@H](C[C@]3(C)OC(=O)NC3=O)CC(=O)C[C@H]2O[C@]1(C)OC. The number of amides is 2. The lowest BCUT2D eigenvalue weighted by Gasteiger charge is -2.55. The first-order valence-corrected chi connectivity index (χ1v) is 8.58. The summed E-state index contributed by atoms with van der Waals surface area (Å²) in [6.45, 7) is 4.92. The fraction of sp³-hybridized carbons (Fsp3) is 0.824. The van der Waals surface area contributed by atoms with Gasteiger partial charge in [-0.1, -0.05) is 0 Å². The third-order valence-electron chi connectivity index (χ3n) is 5.76. The zero-order valence-corrected chi connectivity index (χ0v) is 15.6. The van der Waals surface area contributed by atoms with Crippen LogP contribution in [0.4, 0.5) is 4.79 Å². The Labute approximate surface area is 151 Å². The van der Waals surface area contributed by atoms with Gasteiger partial charge in [0.2, 0.25) is 11.6 Å². The number of fused-ring (bicyclic) bond motifs is 1. The molecule has 1 aliphatic carbocycles. The summed E-state index contributed by atoms with van der Waals surface area (Å²) in [5, 5.41) is 2.13. The average Bonchev–Trinajstić information content (AvgIpc) is 2.81. The van der Waals surface area contributed by atoms with E-state index in [1.807, 2.05) is 0 Å². The van der Waals surface area contributed by atoms with Crippen LogP contribution in [0.1, 0.15) is 40.0 Å². The largest absolute Gasteiger partial charge is 0.433 e. The van der Waals surface area contributed by atoms with Crippen LogP contribution in [0, 0.1) is 5.92 Å². The van der Waals surface area contributed by atoms with Gasteiger partial charge in [-0.15, -0.1) is 0 Å². The van der Waals surface area contributed by atoms with Gasteiger partial charge in [0, 0.05) is 33.5 Å². The summed E-state index contributed by atoms with van der Waals surface area (Å²) < 4.78 is 28.4. The monoisotopic (exact) mass is 371 g/mol. The molecule has 0 aromatic rings. The molecule has 146 valence electrons. The molecule has 2 aliphatic heterocycles. The van der Waals surface area contributed by atoms with Gasteiger partial charge in [-0.3, -0.25) is 14.9 Å². The van der Waals surface area contributed by atoms with Gasteiger partial charge in [-0.05, 0) is 26.7 Å². The van der Waals surface area contributed by atoms with E-state index in [1.54, 1.807) is 13.8 Å². The summed E-state index contributed by atoms with van der Waals surface area (Å²) in [5.74, 6) is -3.32. The van der Waals surface area contributed by atoms with Crippen LogP contribution in [-0.4, -0.2) is 61.4 Å². The summed E-state index contributed by atoms with van der Waals surface area (Å²) in [6.07, 6.45) is -1.31. The molecular weight excluding hydrogens is 346 g/mol. The number of ether oxygens (including phenoxy) is 5. The third kappa shape index (κ3) is 2.92. The first kappa shape index (κ1) is 19.2. The van der Waals surface area contributed by atoms with Crippen LogP contribution in [0.5, 0.6) is 0 Å². The van der Waals surface area contributed by atoms with E-state index in [9.17, 15) is 14.4 Å². The molecule has 3 rings (SSSR count). The van der Waals surface area contributed by atoms with Crippen molar-refractivity contribution in [3.8, 4) is 0 Å². The maximum absolute atomic E-state index is 12.3. The molecule has 2 amide bonds. The van der Waals surface area contributed by atoms with Crippen molar-refractivity contribution in [2.24, 2.45) is 5.92 Å². The smallest absolute Gasteiger partial charge is 0.415 e. The number of Topliss-reactive ketones (excluding diaryl/α,β-unsaturated/α-hetero) is 1. The maximum atomic E-state index is 12.3. The number of ketones is 1. The van der Waals surface area contributed by atoms with Crippen LogP contribution < -0.4 is 5.32 Å². The number of cyclic esters (lactones) is 1. The van der Waals surface area contributed by atoms with Gasteiger partial charge < -0.3 is 23.7 Å². The molecule has 9 heteroatoms. The molecule has 0 aromatic heterocycles. The highest BCUT2D eigenvalue weighted by molar-refractivity contribution is 6.02. The van der Waals surface area contributed by atoms with Crippen molar-refractivity contribution in [3.63, 3.8) is 0 Å². The molecule has 0 bridgehead atoms. The van der Waals surface area contributed by atoms with Crippen LogP contribution in [0.15, 0.2) is 0 Å². The Kier molecular flexibility index (Phi) is 4.63. The van der Waals surface area contributed by atoms with Crippen LogP contribution in [0.3, 0.4) is 0 Å². The molecule has 0 unspecified atom stereocenters. The van der Waals surface area contributed by atoms with E-state index in [0.717, 1.165) is 0 Å². The molecule has 3 fully saturated rings. The van der Waals surface area contributed by atoms with E-state index in [1.165, 1.54) is 21.1 Å². The summed E-state index contributed by atoms with van der Waals surface area (Å²) >= 11 is 0. The molecule has 1 saturated carbocycles. The zero-order valence-electron chi connectivity index (χ0n) is 15.6. The van der Waals surface area contributed by atoms with Crippen LogP contribution >= 0.6 is 0 Å². The standard InChI is InChI=1S/C17H25NO8/c1-15(13(20)18-14(21)26-15)8-9-6-10(19)7-11-12(9)25-17(3,23-5)16(2,22-4)24-11/h9,11-12H,6-8H2,1-5H3,(H,18,20,21)/t9-,11-,12-,15+,16+,17+/m1/s1. The topological polar surface area (TPSA) is 109 Å². The number of nitrogens with one attached hydrogen (secondary N) is 1. The van der Waals surface area contributed by atoms with Gasteiger partial charge >= 0.3 is 6.09 Å². The maximum Gasteiger partial charge on any atom is 0.415 e. The quantitative estimate of drug-likeness (QED) is 0.776. The summed E-state index contributed by atoms with van der Waals surface area (Å²) in [6, 6.07) is 0. The minimum atomic E-state index is -1.35. The van der Waals surface area contributed by atoms with E-state index in [2.05, 4.69) is 5.32 Å². The fourth-order valence-corrected chi connectivity index (χ4v) is 3.97. The first-order valence-electron chi connectivity index (χ1n) is 8.58. The number of hydrogen-bond acceptors (Lipinski definition) is 8. The first-order chi connectivity index (χ1) is 12.1. The van der Waals surface area contributed by atoms with Crippen molar-refractivity contribution in [1.82, 2.24) is 5.32 Å². The van der Waals surface area contributed by atoms with Gasteiger partial charge in [0.15, 0.2) is 5.60 Å². The molecule has 3 aliphatic rings. The Morgan fingerprint density at radius 1 is 1.04 bits per heavy atom. The van der Waals surface area contributed by atoms with Crippen molar-refractivity contribution >= 4 is 17.8 Å². The Morgan fingerprint density at radius 2 is 1.65 bits per heavy atom. The van der Waals surface area contributed by atoms with Gasteiger partial charge in [-0.25, -0.2) is 4.79 Å². The Morgan fingerprint density at radius 3 is 2.19 bits per heavy atom. The molecule has 1 N–H and O–H groups in total. The van der Waals surface area contributed by atoms with E-state index in [4.69, 9.17) is 23.7 Å². The number of carbonyl (C=O) groups excluding carboxylic acids is 3. The van der Waals surface area contributed by atoms with Gasteiger partial charge in [-0.2, -0.15) is 0 Å². The molecule has 26 heavy (non-hydrogen) atoms. The average molecular weight is 371 g/mol.